The average Bonchev–Trinajstić information content (AvgIpc) is 2.59. The Morgan fingerprint density at radius 1 is 0.435 bits per heavy atom. The van der Waals surface area contributed by atoms with Crippen molar-refractivity contribution >= 4 is 43.1 Å². The Morgan fingerprint density at radius 3 is 1.78 bits per heavy atom. The maximum Gasteiger partial charge on any atom is 0.123 e. The van der Waals surface area contributed by atoms with E-state index < -0.39 is 0 Å². The van der Waals surface area contributed by atoms with Crippen molar-refractivity contribution in [3.05, 3.63) is 78.9 Å². The van der Waals surface area contributed by atoms with Crippen LogP contribution in [-0.2, 0) is 0 Å². The quantitative estimate of drug-likeness (QED) is 0.274. The van der Waals surface area contributed by atoms with Crippen molar-refractivity contribution in [1.29, 1.82) is 0 Å². The van der Waals surface area contributed by atoms with Crippen molar-refractivity contribution in [2.45, 2.75) is 0 Å². The topological polar surface area (TPSA) is 20.2 Å². The van der Waals surface area contributed by atoms with E-state index in [0.717, 1.165) is 10.8 Å². The number of benzene rings is 5. The summed E-state index contributed by atoms with van der Waals surface area (Å²) >= 11 is 0. The predicted molar refractivity (Wildman–Crippen MR) is 98.1 cm³/mol. The highest BCUT2D eigenvalue weighted by atomic mass is 16.3. The summed E-state index contributed by atoms with van der Waals surface area (Å²) in [6.45, 7) is 0. The number of phenols is 1. The zero-order valence-electron chi connectivity index (χ0n) is 12.5. The molecule has 0 saturated heterocycles. The smallest absolute Gasteiger partial charge is 0.123 e. The van der Waals surface area contributed by atoms with Gasteiger partial charge in [0.2, 0.25) is 0 Å². The van der Waals surface area contributed by atoms with Gasteiger partial charge in [-0.05, 0) is 68.0 Å². The van der Waals surface area contributed by atoms with Crippen LogP contribution < -0.4 is 0 Å². The first kappa shape index (κ1) is 12.5. The number of hydrogen-bond donors (Lipinski definition) is 1. The van der Waals surface area contributed by atoms with Gasteiger partial charge in [-0.3, -0.25) is 0 Å². The SMILES string of the molecule is Oc1cccc2cc3ccc4cc5ccccc5cc4c3cc12. The molecular formula is C22H14O. The van der Waals surface area contributed by atoms with E-state index in [1.807, 2.05) is 12.1 Å². The van der Waals surface area contributed by atoms with Crippen molar-refractivity contribution in [3.63, 3.8) is 0 Å². The van der Waals surface area contributed by atoms with Crippen LogP contribution in [0.25, 0.3) is 43.1 Å². The van der Waals surface area contributed by atoms with E-state index in [1.54, 1.807) is 6.07 Å². The van der Waals surface area contributed by atoms with Crippen LogP contribution in [0, 0.1) is 0 Å². The molecule has 0 unspecified atom stereocenters. The van der Waals surface area contributed by atoms with Gasteiger partial charge in [0.25, 0.3) is 0 Å². The minimum atomic E-state index is 0.335. The number of rotatable bonds is 0. The second-order valence-corrected chi connectivity index (χ2v) is 6.06. The minimum Gasteiger partial charge on any atom is -0.507 e. The Bertz CT molecular complexity index is 1220. The van der Waals surface area contributed by atoms with Crippen LogP contribution in [0.3, 0.4) is 0 Å². The third-order valence-electron chi connectivity index (χ3n) is 4.68. The van der Waals surface area contributed by atoms with Crippen LogP contribution >= 0.6 is 0 Å². The van der Waals surface area contributed by atoms with Crippen LogP contribution in [0.15, 0.2) is 78.9 Å². The minimum absolute atomic E-state index is 0.335. The molecule has 5 aromatic rings. The molecule has 0 amide bonds. The monoisotopic (exact) mass is 294 g/mol. The third kappa shape index (κ3) is 1.80. The van der Waals surface area contributed by atoms with Crippen molar-refractivity contribution in [2.24, 2.45) is 0 Å². The fourth-order valence-corrected chi connectivity index (χ4v) is 3.51. The highest BCUT2D eigenvalue weighted by molar-refractivity contribution is 6.15. The Hall–Kier alpha value is -3.06. The first-order valence-electron chi connectivity index (χ1n) is 7.77. The van der Waals surface area contributed by atoms with Crippen LogP contribution in [0.1, 0.15) is 0 Å². The van der Waals surface area contributed by atoms with E-state index in [0.29, 0.717) is 5.75 Å². The van der Waals surface area contributed by atoms with E-state index >= 15 is 0 Å². The van der Waals surface area contributed by atoms with Gasteiger partial charge in [0.15, 0.2) is 0 Å². The van der Waals surface area contributed by atoms with E-state index in [9.17, 15) is 5.11 Å². The van der Waals surface area contributed by atoms with Crippen LogP contribution in [0.5, 0.6) is 5.75 Å². The van der Waals surface area contributed by atoms with Gasteiger partial charge in [-0.25, -0.2) is 0 Å². The Balaban J connectivity index is 2.01. The Morgan fingerprint density at radius 2 is 1.00 bits per heavy atom. The summed E-state index contributed by atoms with van der Waals surface area (Å²) in [7, 11) is 0. The molecule has 5 rings (SSSR count). The number of aromatic hydroxyl groups is 1. The molecular weight excluding hydrogens is 280 g/mol. The number of hydrogen-bond acceptors (Lipinski definition) is 1. The molecule has 0 heterocycles. The van der Waals surface area contributed by atoms with Crippen molar-refractivity contribution in [2.75, 3.05) is 0 Å². The first-order valence-corrected chi connectivity index (χ1v) is 7.77. The summed E-state index contributed by atoms with van der Waals surface area (Å²) in [4.78, 5) is 0. The van der Waals surface area contributed by atoms with Crippen LogP contribution in [0.4, 0.5) is 0 Å². The molecule has 1 N–H and O–H groups in total. The molecule has 108 valence electrons. The first-order chi connectivity index (χ1) is 11.3. The maximum absolute atomic E-state index is 10.2. The molecule has 0 atom stereocenters. The molecule has 1 heteroatoms. The second-order valence-electron chi connectivity index (χ2n) is 6.06. The standard InChI is InChI=1S/C22H14O/c23-22-7-3-6-16-11-18-9-8-17-10-14-4-1-2-5-15(14)12-19(17)20(18)13-21(16)22/h1-13,23H. The van der Waals surface area contributed by atoms with Crippen LogP contribution in [-0.4, -0.2) is 5.11 Å². The lowest BCUT2D eigenvalue weighted by Crippen LogP contribution is -1.81. The molecule has 0 aliphatic heterocycles. The molecule has 0 spiro atoms. The zero-order valence-corrected chi connectivity index (χ0v) is 12.5. The van der Waals surface area contributed by atoms with Gasteiger partial charge in [0, 0.05) is 5.39 Å². The average molecular weight is 294 g/mol. The Kier molecular flexibility index (Phi) is 2.42. The van der Waals surface area contributed by atoms with Crippen molar-refractivity contribution in [3.8, 4) is 5.75 Å². The molecule has 1 nitrogen and oxygen atoms in total. The molecule has 0 bridgehead atoms. The zero-order chi connectivity index (χ0) is 15.4. The number of fused-ring (bicyclic) bond motifs is 5. The van der Waals surface area contributed by atoms with Crippen molar-refractivity contribution in [1.82, 2.24) is 0 Å². The van der Waals surface area contributed by atoms with E-state index in [4.69, 9.17) is 0 Å². The molecule has 0 aromatic heterocycles. The van der Waals surface area contributed by atoms with Gasteiger partial charge in [0.05, 0.1) is 0 Å². The summed E-state index contributed by atoms with van der Waals surface area (Å²) in [5.41, 5.74) is 0. The molecule has 0 aliphatic carbocycles. The van der Waals surface area contributed by atoms with Crippen LogP contribution in [0.2, 0.25) is 0 Å². The normalized spacial score (nSPS) is 11.7. The van der Waals surface area contributed by atoms with Crippen molar-refractivity contribution < 1.29 is 5.11 Å². The summed E-state index contributed by atoms with van der Waals surface area (Å²) in [5.74, 6) is 0.335. The summed E-state index contributed by atoms with van der Waals surface area (Å²) in [6.07, 6.45) is 0. The second kappa shape index (κ2) is 4.47. The van der Waals surface area contributed by atoms with E-state index in [-0.39, 0.29) is 0 Å². The predicted octanol–water partition coefficient (Wildman–Crippen LogP) is 6.01. The lowest BCUT2D eigenvalue weighted by molar-refractivity contribution is 0.481. The van der Waals surface area contributed by atoms with Gasteiger partial charge in [-0.1, -0.05) is 48.5 Å². The highest BCUT2D eigenvalue weighted by Gasteiger charge is 2.06. The third-order valence-corrected chi connectivity index (χ3v) is 4.68. The van der Waals surface area contributed by atoms with Gasteiger partial charge in [-0.15, -0.1) is 0 Å². The van der Waals surface area contributed by atoms with Gasteiger partial charge in [0.1, 0.15) is 5.75 Å². The van der Waals surface area contributed by atoms with Gasteiger partial charge in [-0.2, -0.15) is 0 Å². The van der Waals surface area contributed by atoms with Gasteiger partial charge >= 0.3 is 0 Å². The summed E-state index contributed by atoms with van der Waals surface area (Å²) < 4.78 is 0. The maximum atomic E-state index is 10.2. The summed E-state index contributed by atoms with van der Waals surface area (Å²) in [6, 6.07) is 27.2. The lowest BCUT2D eigenvalue weighted by Gasteiger charge is -2.09. The molecule has 5 aromatic carbocycles. The molecule has 0 fully saturated rings. The van der Waals surface area contributed by atoms with E-state index in [2.05, 4.69) is 60.7 Å². The van der Waals surface area contributed by atoms with E-state index in [1.165, 1.54) is 32.3 Å². The fraction of sp³-hybridized carbons (Fsp3) is 0. The van der Waals surface area contributed by atoms with Gasteiger partial charge < -0.3 is 5.11 Å². The number of phenolic OH excluding ortho intramolecular Hbond substituents is 1. The summed E-state index contributed by atoms with van der Waals surface area (Å²) in [5, 5.41) is 19.5. The lowest BCUT2D eigenvalue weighted by atomic mass is 9.96. The molecule has 0 aliphatic rings. The highest BCUT2D eigenvalue weighted by Crippen LogP contribution is 2.34. The molecule has 23 heavy (non-hydrogen) atoms. The fourth-order valence-electron chi connectivity index (χ4n) is 3.51. The molecule has 0 saturated carbocycles. The Labute approximate surface area is 133 Å². The largest absolute Gasteiger partial charge is 0.507 e. The molecule has 0 radical (unpaired) electrons.